The lowest BCUT2D eigenvalue weighted by atomic mass is 10.1. The molecule has 0 unspecified atom stereocenters. The van der Waals surface area contributed by atoms with Crippen molar-refractivity contribution in [2.45, 2.75) is 0 Å². The van der Waals surface area contributed by atoms with Crippen LogP contribution in [0.1, 0.15) is 10.5 Å². The summed E-state index contributed by atoms with van der Waals surface area (Å²) in [7, 11) is 0. The second kappa shape index (κ2) is 5.42. The molecule has 0 spiro atoms. The van der Waals surface area contributed by atoms with Crippen LogP contribution in [-0.4, -0.2) is 20.9 Å². The Morgan fingerprint density at radius 1 is 1.05 bits per heavy atom. The fourth-order valence-corrected chi connectivity index (χ4v) is 2.19. The lowest BCUT2D eigenvalue weighted by Crippen LogP contribution is -2.07. The third-order valence-corrected chi connectivity index (χ3v) is 3.32. The van der Waals surface area contributed by atoms with Crippen LogP contribution in [0, 0.1) is 0 Å². The minimum atomic E-state index is -1.02. The zero-order valence-electron chi connectivity index (χ0n) is 10.9. The van der Waals surface area contributed by atoms with Crippen LogP contribution in [0.5, 0.6) is 0 Å². The van der Waals surface area contributed by atoms with Crippen molar-refractivity contribution in [3.63, 3.8) is 0 Å². The standard InChI is InChI=1S/C16H11ClN2O2/c17-12-8-6-11(7-9-12)14-10-15(16(20)21)19(18-14)13-4-2-1-3-5-13/h1-10H,(H,20,21). The molecule has 0 aliphatic heterocycles. The van der Waals surface area contributed by atoms with E-state index in [4.69, 9.17) is 11.6 Å². The number of hydrogen-bond donors (Lipinski definition) is 1. The summed E-state index contributed by atoms with van der Waals surface area (Å²) < 4.78 is 1.42. The number of carboxylic acids is 1. The van der Waals surface area contributed by atoms with E-state index in [0.29, 0.717) is 16.4 Å². The van der Waals surface area contributed by atoms with Gasteiger partial charge in [-0.05, 0) is 30.3 Å². The van der Waals surface area contributed by atoms with Gasteiger partial charge in [-0.15, -0.1) is 0 Å². The number of hydrogen-bond acceptors (Lipinski definition) is 2. The van der Waals surface area contributed by atoms with E-state index in [1.807, 2.05) is 42.5 Å². The maximum Gasteiger partial charge on any atom is 0.354 e. The molecular formula is C16H11ClN2O2. The highest BCUT2D eigenvalue weighted by Gasteiger charge is 2.16. The van der Waals surface area contributed by atoms with Gasteiger partial charge in [-0.3, -0.25) is 0 Å². The molecule has 3 aromatic rings. The highest BCUT2D eigenvalue weighted by molar-refractivity contribution is 6.30. The molecule has 2 aromatic carbocycles. The van der Waals surface area contributed by atoms with Crippen molar-refractivity contribution >= 4 is 17.6 Å². The normalized spacial score (nSPS) is 10.5. The van der Waals surface area contributed by atoms with Gasteiger partial charge in [0.15, 0.2) is 5.69 Å². The SMILES string of the molecule is O=C(O)c1cc(-c2ccc(Cl)cc2)nn1-c1ccccc1. The van der Waals surface area contributed by atoms with Crippen LogP contribution in [0.2, 0.25) is 5.02 Å². The first kappa shape index (κ1) is 13.4. The van der Waals surface area contributed by atoms with Gasteiger partial charge >= 0.3 is 5.97 Å². The Bertz CT molecular complexity index is 780. The predicted octanol–water partition coefficient (Wildman–Crippen LogP) is 3.89. The number of carboxylic acid groups (broad SMARTS) is 1. The van der Waals surface area contributed by atoms with Crippen molar-refractivity contribution < 1.29 is 9.90 Å². The van der Waals surface area contributed by atoms with Crippen molar-refractivity contribution in [1.82, 2.24) is 9.78 Å². The Morgan fingerprint density at radius 2 is 1.71 bits per heavy atom. The van der Waals surface area contributed by atoms with E-state index in [0.717, 1.165) is 5.56 Å². The third-order valence-electron chi connectivity index (χ3n) is 3.07. The maximum absolute atomic E-state index is 11.4. The number of para-hydroxylation sites is 1. The molecule has 0 aliphatic carbocycles. The summed E-state index contributed by atoms with van der Waals surface area (Å²) in [6.45, 7) is 0. The first-order valence-corrected chi connectivity index (χ1v) is 6.67. The largest absolute Gasteiger partial charge is 0.477 e. The van der Waals surface area contributed by atoms with Crippen molar-refractivity contribution in [1.29, 1.82) is 0 Å². The van der Waals surface area contributed by atoms with Gasteiger partial charge < -0.3 is 5.11 Å². The first-order chi connectivity index (χ1) is 10.1. The van der Waals surface area contributed by atoms with Gasteiger partial charge in [0.2, 0.25) is 0 Å². The number of carbonyl (C=O) groups is 1. The Labute approximate surface area is 126 Å². The fraction of sp³-hybridized carbons (Fsp3) is 0. The molecule has 0 aliphatic rings. The predicted molar refractivity (Wildman–Crippen MR) is 81.0 cm³/mol. The number of aromatic nitrogens is 2. The number of aromatic carboxylic acids is 1. The Balaban J connectivity index is 2.13. The van der Waals surface area contributed by atoms with Crippen LogP contribution in [0.25, 0.3) is 16.9 Å². The molecule has 1 aromatic heterocycles. The molecule has 0 atom stereocenters. The zero-order valence-corrected chi connectivity index (χ0v) is 11.7. The van der Waals surface area contributed by atoms with Crippen molar-refractivity contribution in [3.8, 4) is 16.9 Å². The molecule has 0 saturated carbocycles. The van der Waals surface area contributed by atoms with E-state index in [1.165, 1.54) is 4.68 Å². The maximum atomic E-state index is 11.4. The lowest BCUT2D eigenvalue weighted by molar-refractivity contribution is 0.0687. The average Bonchev–Trinajstić information content (AvgIpc) is 2.94. The van der Waals surface area contributed by atoms with Gasteiger partial charge in [0.1, 0.15) is 0 Å². The monoisotopic (exact) mass is 298 g/mol. The van der Waals surface area contributed by atoms with E-state index >= 15 is 0 Å². The molecule has 4 nitrogen and oxygen atoms in total. The molecular weight excluding hydrogens is 288 g/mol. The third kappa shape index (κ3) is 2.66. The summed E-state index contributed by atoms with van der Waals surface area (Å²) in [5.41, 5.74) is 2.23. The van der Waals surface area contributed by atoms with E-state index in [9.17, 15) is 9.90 Å². The van der Waals surface area contributed by atoms with Crippen molar-refractivity contribution in [3.05, 3.63) is 71.4 Å². The van der Waals surface area contributed by atoms with Gasteiger partial charge in [0.25, 0.3) is 0 Å². The molecule has 104 valence electrons. The highest BCUT2D eigenvalue weighted by atomic mass is 35.5. The van der Waals surface area contributed by atoms with Crippen LogP contribution in [0.3, 0.4) is 0 Å². The van der Waals surface area contributed by atoms with Crippen LogP contribution in [0.15, 0.2) is 60.7 Å². The summed E-state index contributed by atoms with van der Waals surface area (Å²) in [5.74, 6) is -1.02. The molecule has 0 bridgehead atoms. The Morgan fingerprint density at radius 3 is 2.33 bits per heavy atom. The number of benzene rings is 2. The molecule has 1 heterocycles. The number of halogens is 1. The lowest BCUT2D eigenvalue weighted by Gasteiger charge is -2.03. The van der Waals surface area contributed by atoms with Crippen LogP contribution in [-0.2, 0) is 0 Å². The quantitative estimate of drug-likeness (QED) is 0.798. The summed E-state index contributed by atoms with van der Waals surface area (Å²) >= 11 is 5.86. The van der Waals surface area contributed by atoms with E-state index < -0.39 is 5.97 Å². The fourth-order valence-electron chi connectivity index (χ4n) is 2.06. The molecule has 0 fully saturated rings. The molecule has 3 rings (SSSR count). The molecule has 5 heteroatoms. The van der Waals surface area contributed by atoms with Gasteiger partial charge in [-0.2, -0.15) is 5.10 Å². The topological polar surface area (TPSA) is 55.1 Å². The highest BCUT2D eigenvalue weighted by Crippen LogP contribution is 2.23. The number of rotatable bonds is 3. The van der Waals surface area contributed by atoms with Gasteiger partial charge in [-0.1, -0.05) is 41.9 Å². The van der Waals surface area contributed by atoms with Gasteiger partial charge in [0.05, 0.1) is 11.4 Å². The Hall–Kier alpha value is -2.59. The zero-order chi connectivity index (χ0) is 14.8. The average molecular weight is 299 g/mol. The molecule has 0 amide bonds. The van der Waals surface area contributed by atoms with Gasteiger partial charge in [-0.25, -0.2) is 9.48 Å². The summed E-state index contributed by atoms with van der Waals surface area (Å²) in [6.07, 6.45) is 0. The summed E-state index contributed by atoms with van der Waals surface area (Å²) in [5, 5.41) is 14.4. The van der Waals surface area contributed by atoms with Crippen LogP contribution < -0.4 is 0 Å². The second-order valence-electron chi connectivity index (χ2n) is 4.47. The minimum Gasteiger partial charge on any atom is -0.477 e. The second-order valence-corrected chi connectivity index (χ2v) is 4.91. The number of nitrogens with zero attached hydrogens (tertiary/aromatic N) is 2. The molecule has 0 radical (unpaired) electrons. The molecule has 21 heavy (non-hydrogen) atoms. The smallest absolute Gasteiger partial charge is 0.354 e. The van der Waals surface area contributed by atoms with Crippen molar-refractivity contribution in [2.75, 3.05) is 0 Å². The summed E-state index contributed by atoms with van der Waals surface area (Å²) in [4.78, 5) is 11.4. The van der Waals surface area contributed by atoms with Crippen LogP contribution >= 0.6 is 11.6 Å². The summed E-state index contributed by atoms with van der Waals surface area (Å²) in [6, 6.07) is 17.8. The van der Waals surface area contributed by atoms with Gasteiger partial charge in [0, 0.05) is 10.6 Å². The van der Waals surface area contributed by atoms with E-state index in [2.05, 4.69) is 5.10 Å². The van der Waals surface area contributed by atoms with E-state index in [1.54, 1.807) is 18.2 Å². The molecule has 1 N–H and O–H groups in total. The Kier molecular flexibility index (Phi) is 3.46. The van der Waals surface area contributed by atoms with Crippen molar-refractivity contribution in [2.24, 2.45) is 0 Å². The minimum absolute atomic E-state index is 0.117. The molecule has 0 saturated heterocycles. The van der Waals surface area contributed by atoms with Crippen LogP contribution in [0.4, 0.5) is 0 Å². The van der Waals surface area contributed by atoms with E-state index in [-0.39, 0.29) is 5.69 Å². The first-order valence-electron chi connectivity index (χ1n) is 6.30.